The Labute approximate surface area is 198 Å². The van der Waals surface area contributed by atoms with Gasteiger partial charge in [0.25, 0.3) is 11.1 Å². The molecule has 1 heterocycles. The van der Waals surface area contributed by atoms with Crippen molar-refractivity contribution in [2.75, 3.05) is 19.0 Å². The summed E-state index contributed by atoms with van der Waals surface area (Å²) in [5.74, 6) is -1.79. The molecule has 0 spiro atoms. The summed E-state index contributed by atoms with van der Waals surface area (Å²) in [4.78, 5) is 50.7. The van der Waals surface area contributed by atoms with E-state index in [0.29, 0.717) is 0 Å². The van der Waals surface area contributed by atoms with Crippen molar-refractivity contribution in [3.63, 3.8) is 0 Å². The Kier molecular flexibility index (Phi) is 6.48. The number of imide groups is 1. The topological polar surface area (TPSA) is 92.8 Å². The van der Waals surface area contributed by atoms with E-state index in [1.807, 2.05) is 42.5 Å². The highest BCUT2D eigenvalue weighted by molar-refractivity contribution is 8.18. The summed E-state index contributed by atoms with van der Waals surface area (Å²) in [6.45, 7) is -0.465. The predicted octanol–water partition coefficient (Wildman–Crippen LogP) is 4.95. The van der Waals surface area contributed by atoms with Crippen LogP contribution < -0.4 is 5.32 Å². The number of fused-ring (bicyclic) bond motifs is 1. The molecule has 166 valence electrons. The number of ether oxygens (including phenoxy) is 1. The van der Waals surface area contributed by atoms with Gasteiger partial charge in [-0.1, -0.05) is 54.1 Å². The molecule has 0 aliphatic carbocycles. The summed E-state index contributed by atoms with van der Waals surface area (Å²) in [5, 5.41) is 4.17. The second-order valence-corrected chi connectivity index (χ2v) is 8.47. The second-order valence-electron chi connectivity index (χ2n) is 7.07. The Morgan fingerprint density at radius 1 is 1.09 bits per heavy atom. The molecule has 1 saturated heterocycles. The van der Waals surface area contributed by atoms with Gasteiger partial charge in [0.2, 0.25) is 5.91 Å². The Bertz CT molecular complexity index is 1330. The summed E-state index contributed by atoms with van der Waals surface area (Å²) < 4.78 is 4.66. The lowest BCUT2D eigenvalue weighted by Crippen LogP contribution is -2.36. The van der Waals surface area contributed by atoms with Crippen molar-refractivity contribution in [1.82, 2.24) is 4.90 Å². The van der Waals surface area contributed by atoms with E-state index < -0.39 is 29.6 Å². The average Bonchev–Trinajstić information content (AvgIpc) is 3.07. The molecule has 9 heteroatoms. The van der Waals surface area contributed by atoms with E-state index in [1.54, 1.807) is 6.08 Å². The number of halogens is 1. The third-order valence-electron chi connectivity index (χ3n) is 4.94. The maximum absolute atomic E-state index is 12.8. The maximum atomic E-state index is 12.8. The van der Waals surface area contributed by atoms with Crippen molar-refractivity contribution in [2.45, 2.75) is 0 Å². The highest BCUT2D eigenvalue weighted by Gasteiger charge is 2.36. The number of amides is 3. The molecule has 3 aromatic carbocycles. The van der Waals surface area contributed by atoms with Crippen molar-refractivity contribution in [3.05, 3.63) is 81.7 Å². The lowest BCUT2D eigenvalue weighted by Gasteiger charge is -2.13. The van der Waals surface area contributed by atoms with Crippen LogP contribution in [0.3, 0.4) is 0 Å². The Morgan fingerprint density at radius 2 is 1.85 bits per heavy atom. The molecule has 33 heavy (non-hydrogen) atoms. The van der Waals surface area contributed by atoms with Gasteiger partial charge in [0.15, 0.2) is 0 Å². The zero-order chi connectivity index (χ0) is 23.5. The molecule has 1 fully saturated rings. The van der Waals surface area contributed by atoms with Gasteiger partial charge < -0.3 is 10.1 Å². The third kappa shape index (κ3) is 4.76. The van der Waals surface area contributed by atoms with Crippen LogP contribution in [0.15, 0.2) is 65.6 Å². The number of thioether (sulfide) groups is 1. The quantitative estimate of drug-likeness (QED) is 0.410. The van der Waals surface area contributed by atoms with E-state index in [1.165, 1.54) is 25.3 Å². The van der Waals surface area contributed by atoms with Crippen molar-refractivity contribution in [2.24, 2.45) is 0 Å². The number of carbonyl (C=O) groups is 4. The lowest BCUT2D eigenvalue weighted by atomic mass is 10.0. The fourth-order valence-corrected chi connectivity index (χ4v) is 4.39. The molecule has 1 aliphatic rings. The van der Waals surface area contributed by atoms with Crippen LogP contribution in [-0.4, -0.2) is 41.6 Å². The van der Waals surface area contributed by atoms with Crippen LogP contribution in [0.25, 0.3) is 16.8 Å². The largest absolute Gasteiger partial charge is 0.465 e. The highest BCUT2D eigenvalue weighted by Crippen LogP contribution is 2.33. The number of carbonyl (C=O) groups excluding carboxylic acids is 4. The van der Waals surface area contributed by atoms with Crippen molar-refractivity contribution in [3.8, 4) is 0 Å². The smallest absolute Gasteiger partial charge is 0.339 e. The summed E-state index contributed by atoms with van der Waals surface area (Å²) in [7, 11) is 1.22. The molecule has 3 aromatic rings. The third-order valence-corrected chi connectivity index (χ3v) is 6.18. The van der Waals surface area contributed by atoms with Crippen molar-refractivity contribution < 1.29 is 23.9 Å². The first-order valence-electron chi connectivity index (χ1n) is 9.78. The van der Waals surface area contributed by atoms with E-state index in [9.17, 15) is 19.2 Å². The number of nitrogens with one attached hydrogen (secondary N) is 1. The molecule has 0 aromatic heterocycles. The Morgan fingerprint density at radius 3 is 2.64 bits per heavy atom. The first kappa shape index (κ1) is 22.6. The van der Waals surface area contributed by atoms with Gasteiger partial charge in [-0.3, -0.25) is 19.3 Å². The molecule has 0 bridgehead atoms. The number of anilines is 1. The van der Waals surface area contributed by atoms with Gasteiger partial charge >= 0.3 is 5.97 Å². The summed E-state index contributed by atoms with van der Waals surface area (Å²) in [5.41, 5.74) is 1.17. The number of methoxy groups -OCH3 is 1. The van der Waals surface area contributed by atoms with Gasteiger partial charge in [0, 0.05) is 5.69 Å². The fraction of sp³-hybridized carbons (Fsp3) is 0.0833. The van der Waals surface area contributed by atoms with E-state index >= 15 is 0 Å². The molecule has 4 rings (SSSR count). The zero-order valence-corrected chi connectivity index (χ0v) is 18.9. The molecule has 1 aliphatic heterocycles. The fourth-order valence-electron chi connectivity index (χ4n) is 3.37. The lowest BCUT2D eigenvalue weighted by molar-refractivity contribution is -0.127. The predicted molar refractivity (Wildman–Crippen MR) is 128 cm³/mol. The summed E-state index contributed by atoms with van der Waals surface area (Å²) in [6.07, 6.45) is 1.66. The van der Waals surface area contributed by atoms with Crippen LogP contribution in [0.4, 0.5) is 10.5 Å². The number of esters is 1. The molecule has 1 N–H and O–H groups in total. The van der Waals surface area contributed by atoms with Crippen LogP contribution in [0.1, 0.15) is 15.9 Å². The first-order valence-corrected chi connectivity index (χ1v) is 11.0. The number of rotatable bonds is 5. The van der Waals surface area contributed by atoms with Crippen LogP contribution in [0.2, 0.25) is 5.02 Å². The maximum Gasteiger partial charge on any atom is 0.339 e. The Balaban J connectivity index is 1.50. The number of hydrogen-bond donors (Lipinski definition) is 1. The van der Waals surface area contributed by atoms with Gasteiger partial charge in [0.05, 0.1) is 22.6 Å². The average molecular weight is 481 g/mol. The molecule has 0 saturated carbocycles. The van der Waals surface area contributed by atoms with Crippen molar-refractivity contribution in [1.29, 1.82) is 0 Å². The van der Waals surface area contributed by atoms with Gasteiger partial charge in [-0.25, -0.2) is 4.79 Å². The molecule has 0 unspecified atom stereocenters. The van der Waals surface area contributed by atoms with E-state index in [0.717, 1.165) is 33.0 Å². The molecule has 7 nitrogen and oxygen atoms in total. The minimum atomic E-state index is -0.652. The molecule has 0 radical (unpaired) electrons. The van der Waals surface area contributed by atoms with Crippen LogP contribution in [0, 0.1) is 0 Å². The standard InChI is InChI=1S/C24H17ClN2O5S/c1-32-23(30)18-12-16(9-10-19(18)25)26-21(28)13-27-22(29)20(33-24(27)31)11-15-7-4-6-14-5-2-3-8-17(14)15/h2-12H,13H2,1H3,(H,26,28)/b20-11+. The van der Waals surface area contributed by atoms with Gasteiger partial charge in [-0.05, 0) is 52.4 Å². The van der Waals surface area contributed by atoms with Crippen LogP contribution in [-0.2, 0) is 14.3 Å². The zero-order valence-electron chi connectivity index (χ0n) is 17.3. The molecular formula is C24H17ClN2O5S. The Hall–Kier alpha value is -3.62. The van der Waals surface area contributed by atoms with Crippen molar-refractivity contribution >= 4 is 68.9 Å². The van der Waals surface area contributed by atoms with Gasteiger partial charge in [-0.2, -0.15) is 0 Å². The van der Waals surface area contributed by atoms with E-state index in [4.69, 9.17) is 11.6 Å². The summed E-state index contributed by atoms with van der Waals surface area (Å²) in [6, 6.07) is 17.7. The molecule has 0 atom stereocenters. The number of benzene rings is 3. The van der Waals surface area contributed by atoms with E-state index in [2.05, 4.69) is 10.1 Å². The van der Waals surface area contributed by atoms with Crippen LogP contribution in [0.5, 0.6) is 0 Å². The first-order chi connectivity index (χ1) is 15.9. The monoisotopic (exact) mass is 480 g/mol. The minimum absolute atomic E-state index is 0.0844. The second kappa shape index (κ2) is 9.48. The SMILES string of the molecule is COC(=O)c1cc(NC(=O)CN2C(=O)S/C(=C/c3cccc4ccccc34)C2=O)ccc1Cl. The van der Waals surface area contributed by atoms with E-state index in [-0.39, 0.29) is 21.2 Å². The summed E-state index contributed by atoms with van der Waals surface area (Å²) >= 11 is 6.77. The number of nitrogens with zero attached hydrogens (tertiary/aromatic N) is 1. The molecule has 3 amide bonds. The number of hydrogen-bond acceptors (Lipinski definition) is 6. The van der Waals surface area contributed by atoms with Gasteiger partial charge in [-0.15, -0.1) is 0 Å². The molecular weight excluding hydrogens is 464 g/mol. The normalized spacial score (nSPS) is 14.7. The highest BCUT2D eigenvalue weighted by atomic mass is 35.5. The minimum Gasteiger partial charge on any atom is -0.465 e. The van der Waals surface area contributed by atoms with Gasteiger partial charge in [0.1, 0.15) is 6.54 Å². The van der Waals surface area contributed by atoms with Crippen LogP contribution >= 0.6 is 23.4 Å².